The van der Waals surface area contributed by atoms with Crippen molar-refractivity contribution in [1.82, 2.24) is 25.1 Å². The van der Waals surface area contributed by atoms with E-state index in [1.807, 2.05) is 24.3 Å². The highest BCUT2D eigenvalue weighted by Gasteiger charge is 2.34. The van der Waals surface area contributed by atoms with Crippen molar-refractivity contribution in [3.05, 3.63) is 59.9 Å². The molecule has 2 aromatic carbocycles. The summed E-state index contributed by atoms with van der Waals surface area (Å²) in [5.74, 6) is 2.68. The first kappa shape index (κ1) is 21.7. The number of rotatable bonds is 7. The van der Waals surface area contributed by atoms with Gasteiger partial charge in [-0.25, -0.2) is 4.68 Å². The standard InChI is InChI=1S/C25H32N6O2/c1-32-21-13-11-19(12-14-21)29-15-17-30(18-16-29)24(22-9-5-6-10-23(22)33-2)25-26-27-28-31(25)20-7-3-4-8-20/h5-6,9-14,20,24H,3-4,7-8,15-18H2,1-2H3/t24-/m0/s1. The number of aromatic nitrogens is 4. The van der Waals surface area contributed by atoms with Gasteiger partial charge in [0.1, 0.15) is 17.5 Å². The molecule has 2 aliphatic rings. The van der Waals surface area contributed by atoms with Crippen LogP contribution in [-0.2, 0) is 0 Å². The fraction of sp³-hybridized carbons (Fsp3) is 0.480. The van der Waals surface area contributed by atoms with E-state index in [-0.39, 0.29) is 6.04 Å². The van der Waals surface area contributed by atoms with Crippen LogP contribution in [0.1, 0.15) is 49.2 Å². The summed E-state index contributed by atoms with van der Waals surface area (Å²) in [5.41, 5.74) is 2.34. The molecule has 1 aromatic heterocycles. The normalized spacial score (nSPS) is 18.4. The van der Waals surface area contributed by atoms with Crippen molar-refractivity contribution >= 4 is 5.69 Å². The number of anilines is 1. The van der Waals surface area contributed by atoms with Gasteiger partial charge in [0.15, 0.2) is 5.82 Å². The number of piperazine rings is 1. The summed E-state index contributed by atoms with van der Waals surface area (Å²) in [7, 11) is 3.43. The van der Waals surface area contributed by atoms with E-state index in [1.165, 1.54) is 18.5 Å². The van der Waals surface area contributed by atoms with E-state index in [9.17, 15) is 0 Å². The van der Waals surface area contributed by atoms with Crippen LogP contribution in [0.15, 0.2) is 48.5 Å². The quantitative estimate of drug-likeness (QED) is 0.546. The molecule has 0 radical (unpaired) electrons. The second-order valence-electron chi connectivity index (χ2n) is 8.79. The molecule has 0 bridgehead atoms. The van der Waals surface area contributed by atoms with Crippen LogP contribution >= 0.6 is 0 Å². The van der Waals surface area contributed by atoms with Crippen molar-refractivity contribution in [2.24, 2.45) is 0 Å². The lowest BCUT2D eigenvalue weighted by Gasteiger charge is -2.40. The summed E-state index contributed by atoms with van der Waals surface area (Å²) >= 11 is 0. The largest absolute Gasteiger partial charge is 0.497 e. The SMILES string of the molecule is COc1ccc(N2CCN([C@@H](c3ccccc3OC)c3nnnn3C3CCCC3)CC2)cc1. The van der Waals surface area contributed by atoms with E-state index in [4.69, 9.17) is 9.47 Å². The van der Waals surface area contributed by atoms with Crippen LogP contribution in [0.25, 0.3) is 0 Å². The van der Waals surface area contributed by atoms with E-state index in [0.717, 1.165) is 61.9 Å². The van der Waals surface area contributed by atoms with Crippen LogP contribution in [0.2, 0.25) is 0 Å². The Bertz CT molecular complexity index is 1040. The summed E-state index contributed by atoms with van der Waals surface area (Å²) in [6.07, 6.45) is 4.76. The van der Waals surface area contributed by atoms with Gasteiger partial charge in [-0.3, -0.25) is 4.90 Å². The van der Waals surface area contributed by atoms with Crippen LogP contribution in [-0.4, -0.2) is 65.5 Å². The summed E-state index contributed by atoms with van der Waals surface area (Å²) in [4.78, 5) is 4.92. The van der Waals surface area contributed by atoms with Gasteiger partial charge in [-0.05, 0) is 53.6 Å². The summed E-state index contributed by atoms with van der Waals surface area (Å²) in [5, 5.41) is 13.1. The van der Waals surface area contributed by atoms with Crippen molar-refractivity contribution in [2.45, 2.75) is 37.8 Å². The Hall–Kier alpha value is -3.13. The zero-order valence-corrected chi connectivity index (χ0v) is 19.4. The van der Waals surface area contributed by atoms with Crippen LogP contribution in [0.5, 0.6) is 11.5 Å². The van der Waals surface area contributed by atoms with Gasteiger partial charge < -0.3 is 14.4 Å². The van der Waals surface area contributed by atoms with Crippen LogP contribution in [0.3, 0.4) is 0 Å². The van der Waals surface area contributed by atoms with Crippen LogP contribution < -0.4 is 14.4 Å². The van der Waals surface area contributed by atoms with Crippen molar-refractivity contribution in [3.63, 3.8) is 0 Å². The Kier molecular flexibility index (Phi) is 6.44. The van der Waals surface area contributed by atoms with Gasteiger partial charge in [0, 0.05) is 37.4 Å². The van der Waals surface area contributed by atoms with Gasteiger partial charge in [0.2, 0.25) is 0 Å². The molecule has 1 atom stereocenters. The molecule has 0 amide bonds. The van der Waals surface area contributed by atoms with Crippen LogP contribution in [0, 0.1) is 0 Å². The number of hydrogen-bond acceptors (Lipinski definition) is 7. The van der Waals surface area contributed by atoms with Gasteiger partial charge in [-0.15, -0.1) is 5.10 Å². The van der Waals surface area contributed by atoms with Gasteiger partial charge in [0.05, 0.1) is 20.3 Å². The molecular weight excluding hydrogens is 416 g/mol. The van der Waals surface area contributed by atoms with Gasteiger partial charge in [-0.2, -0.15) is 0 Å². The Morgan fingerprint density at radius 1 is 0.879 bits per heavy atom. The molecule has 1 aliphatic heterocycles. The number of benzene rings is 2. The molecule has 2 fully saturated rings. The maximum atomic E-state index is 5.77. The minimum atomic E-state index is -0.0465. The summed E-state index contributed by atoms with van der Waals surface area (Å²) in [6.45, 7) is 3.69. The van der Waals surface area contributed by atoms with Crippen molar-refractivity contribution in [2.75, 3.05) is 45.3 Å². The predicted molar refractivity (Wildman–Crippen MR) is 127 cm³/mol. The number of ether oxygens (including phenoxy) is 2. The van der Waals surface area contributed by atoms with E-state index in [2.05, 4.69) is 54.3 Å². The molecule has 1 aliphatic carbocycles. The van der Waals surface area contributed by atoms with Crippen molar-refractivity contribution in [1.29, 1.82) is 0 Å². The first-order valence-electron chi connectivity index (χ1n) is 11.8. The van der Waals surface area contributed by atoms with E-state index in [0.29, 0.717) is 6.04 Å². The third-order valence-corrected chi connectivity index (χ3v) is 6.98. The average molecular weight is 449 g/mol. The zero-order chi connectivity index (χ0) is 22.6. The highest BCUT2D eigenvalue weighted by molar-refractivity contribution is 5.49. The minimum Gasteiger partial charge on any atom is -0.497 e. The molecule has 0 unspecified atom stereocenters. The maximum Gasteiger partial charge on any atom is 0.173 e. The molecule has 174 valence electrons. The van der Waals surface area contributed by atoms with Crippen LogP contribution in [0.4, 0.5) is 5.69 Å². The fourth-order valence-electron chi connectivity index (χ4n) is 5.21. The predicted octanol–water partition coefficient (Wildman–Crippen LogP) is 3.72. The Morgan fingerprint density at radius 2 is 1.61 bits per heavy atom. The average Bonchev–Trinajstić information content (AvgIpc) is 3.57. The first-order chi connectivity index (χ1) is 16.3. The third-order valence-electron chi connectivity index (χ3n) is 6.98. The lowest BCUT2D eigenvalue weighted by atomic mass is 10.0. The molecule has 3 aromatic rings. The number of nitrogens with zero attached hydrogens (tertiary/aromatic N) is 6. The van der Waals surface area contributed by atoms with E-state index < -0.39 is 0 Å². The smallest absolute Gasteiger partial charge is 0.173 e. The topological polar surface area (TPSA) is 68.5 Å². The molecule has 8 heteroatoms. The highest BCUT2D eigenvalue weighted by atomic mass is 16.5. The third kappa shape index (κ3) is 4.39. The summed E-state index contributed by atoms with van der Waals surface area (Å²) in [6, 6.07) is 16.9. The number of methoxy groups -OCH3 is 2. The molecule has 5 rings (SSSR count). The van der Waals surface area contributed by atoms with Crippen molar-refractivity contribution in [3.8, 4) is 11.5 Å². The van der Waals surface area contributed by atoms with Gasteiger partial charge in [-0.1, -0.05) is 31.0 Å². The van der Waals surface area contributed by atoms with Gasteiger partial charge >= 0.3 is 0 Å². The number of para-hydroxylation sites is 1. The molecule has 8 nitrogen and oxygen atoms in total. The molecule has 1 saturated carbocycles. The Morgan fingerprint density at radius 3 is 2.30 bits per heavy atom. The molecule has 33 heavy (non-hydrogen) atoms. The van der Waals surface area contributed by atoms with E-state index >= 15 is 0 Å². The Labute approximate surface area is 195 Å². The molecule has 1 saturated heterocycles. The number of tetrazole rings is 1. The number of hydrogen-bond donors (Lipinski definition) is 0. The minimum absolute atomic E-state index is 0.0465. The van der Waals surface area contributed by atoms with Crippen molar-refractivity contribution < 1.29 is 9.47 Å². The first-order valence-corrected chi connectivity index (χ1v) is 11.8. The second kappa shape index (κ2) is 9.79. The monoisotopic (exact) mass is 448 g/mol. The lowest BCUT2D eigenvalue weighted by Crippen LogP contribution is -2.48. The molecular formula is C25H32N6O2. The molecule has 2 heterocycles. The maximum absolute atomic E-state index is 5.77. The summed E-state index contributed by atoms with van der Waals surface area (Å²) < 4.78 is 13.2. The second-order valence-corrected chi connectivity index (χ2v) is 8.79. The zero-order valence-electron chi connectivity index (χ0n) is 19.4. The van der Waals surface area contributed by atoms with E-state index in [1.54, 1.807) is 14.2 Å². The molecule has 0 spiro atoms. The lowest BCUT2D eigenvalue weighted by molar-refractivity contribution is 0.194. The highest BCUT2D eigenvalue weighted by Crippen LogP contribution is 2.37. The van der Waals surface area contributed by atoms with Gasteiger partial charge in [0.25, 0.3) is 0 Å². The fourth-order valence-corrected chi connectivity index (χ4v) is 5.21. The Balaban J connectivity index is 1.43. The molecule has 0 N–H and O–H groups in total.